The molecule has 0 radical (unpaired) electrons. The van der Waals surface area contributed by atoms with Gasteiger partial charge in [-0.2, -0.15) is 8.42 Å². The molecule has 0 heterocycles. The van der Waals surface area contributed by atoms with Gasteiger partial charge in [0.05, 0.1) is 0 Å². The molecular formula is C3H9NaO5S. The van der Waals surface area contributed by atoms with Crippen LogP contribution in [0.4, 0.5) is 0 Å². The van der Waals surface area contributed by atoms with Gasteiger partial charge in [0.15, 0.2) is 0 Å². The van der Waals surface area contributed by atoms with Crippen molar-refractivity contribution in [2.24, 2.45) is 0 Å². The summed E-state index contributed by atoms with van der Waals surface area (Å²) in [6, 6.07) is 0. The van der Waals surface area contributed by atoms with Gasteiger partial charge in [0, 0.05) is 6.42 Å². The topological polar surface area (TPSA) is 91.7 Å². The minimum Gasteiger partial charge on any atom is -1.00 e. The fourth-order valence-electron chi connectivity index (χ4n) is 0. The van der Waals surface area contributed by atoms with Crippen molar-refractivity contribution < 1.29 is 53.3 Å². The van der Waals surface area contributed by atoms with Crippen molar-refractivity contribution in [1.82, 2.24) is 0 Å². The zero-order valence-electron chi connectivity index (χ0n) is 6.81. The van der Waals surface area contributed by atoms with E-state index in [1.54, 1.807) is 0 Å². The van der Waals surface area contributed by atoms with Crippen LogP contribution in [0.5, 0.6) is 0 Å². The standard InChI is InChI=1S/C3H6O.Na.H2O4S.H/c1-2-3-4;;1-5(2,3)4;/h3H,2H2,1H3;;(H2,1,2,3,4);/q;+1;;-1. The Labute approximate surface area is 83.2 Å². The van der Waals surface area contributed by atoms with Gasteiger partial charge in [0.25, 0.3) is 0 Å². The summed E-state index contributed by atoms with van der Waals surface area (Å²) < 4.78 is 31.6. The fraction of sp³-hybridized carbons (Fsp3) is 0.667. The van der Waals surface area contributed by atoms with Crippen LogP contribution in [0.1, 0.15) is 14.8 Å². The van der Waals surface area contributed by atoms with E-state index in [1.807, 2.05) is 6.92 Å². The molecule has 0 aromatic rings. The van der Waals surface area contributed by atoms with E-state index in [1.165, 1.54) is 0 Å². The Balaban J connectivity index is -0.0000000383. The molecule has 0 aliphatic rings. The van der Waals surface area contributed by atoms with Crippen LogP contribution in [0.2, 0.25) is 0 Å². The molecule has 2 N–H and O–H groups in total. The van der Waals surface area contributed by atoms with Crippen LogP contribution in [-0.2, 0) is 15.2 Å². The largest absolute Gasteiger partial charge is 1.00 e. The number of carbonyl (C=O) groups excluding carboxylic acids is 1. The Hall–Kier alpha value is 0.540. The molecule has 5 nitrogen and oxygen atoms in total. The molecule has 0 saturated heterocycles. The number of aldehydes is 1. The van der Waals surface area contributed by atoms with Gasteiger partial charge in [0.1, 0.15) is 6.29 Å². The Kier molecular flexibility index (Phi) is 16.1. The maximum absolute atomic E-state index is 9.17. The first-order valence-electron chi connectivity index (χ1n) is 2.05. The quantitative estimate of drug-likeness (QED) is 0.256. The molecule has 0 atom stereocenters. The average molecular weight is 180 g/mol. The van der Waals surface area contributed by atoms with Gasteiger partial charge in [0.2, 0.25) is 0 Å². The number of rotatable bonds is 1. The second-order valence-corrected chi connectivity index (χ2v) is 1.92. The van der Waals surface area contributed by atoms with Crippen molar-refractivity contribution in [3.05, 3.63) is 0 Å². The fourth-order valence-corrected chi connectivity index (χ4v) is 0. The molecule has 0 saturated carbocycles. The smallest absolute Gasteiger partial charge is 1.00 e. The van der Waals surface area contributed by atoms with Crippen LogP contribution >= 0.6 is 0 Å². The van der Waals surface area contributed by atoms with E-state index in [2.05, 4.69) is 0 Å². The molecule has 7 heteroatoms. The third-order valence-corrected chi connectivity index (χ3v) is 0.167. The van der Waals surface area contributed by atoms with Crippen LogP contribution in [0, 0.1) is 0 Å². The molecule has 0 aromatic carbocycles. The number of carbonyl (C=O) groups is 1. The van der Waals surface area contributed by atoms with E-state index >= 15 is 0 Å². The van der Waals surface area contributed by atoms with Crippen molar-refractivity contribution in [3.63, 3.8) is 0 Å². The third kappa shape index (κ3) is 205. The molecule has 0 amide bonds. The average Bonchev–Trinajstić information content (AvgIpc) is 1.61. The van der Waals surface area contributed by atoms with Crippen molar-refractivity contribution in [2.75, 3.05) is 0 Å². The SMILES string of the molecule is CCC=O.O=S(=O)(O)O.[H-].[Na+]. The summed E-state index contributed by atoms with van der Waals surface area (Å²) in [7, 11) is -4.67. The summed E-state index contributed by atoms with van der Waals surface area (Å²) in [4.78, 5) is 9.17. The van der Waals surface area contributed by atoms with Crippen LogP contribution in [-0.4, -0.2) is 23.8 Å². The molecule has 0 bridgehead atoms. The van der Waals surface area contributed by atoms with E-state index in [9.17, 15) is 4.79 Å². The Morgan fingerprint density at radius 1 is 1.50 bits per heavy atom. The summed E-state index contributed by atoms with van der Waals surface area (Å²) >= 11 is 0. The monoisotopic (exact) mass is 180 g/mol. The molecule has 0 rings (SSSR count). The first-order chi connectivity index (χ1) is 3.91. The van der Waals surface area contributed by atoms with Gasteiger partial charge in [-0.05, 0) is 0 Å². The predicted molar refractivity (Wildman–Crippen MR) is 31.6 cm³/mol. The van der Waals surface area contributed by atoms with Gasteiger partial charge in [-0.15, -0.1) is 0 Å². The van der Waals surface area contributed by atoms with Gasteiger partial charge in [-0.3, -0.25) is 9.11 Å². The molecule has 0 aliphatic carbocycles. The molecule has 0 aromatic heterocycles. The van der Waals surface area contributed by atoms with Crippen molar-refractivity contribution in [3.8, 4) is 0 Å². The molecule has 58 valence electrons. The summed E-state index contributed by atoms with van der Waals surface area (Å²) in [6.07, 6.45) is 1.51. The Morgan fingerprint density at radius 2 is 1.60 bits per heavy atom. The Bertz CT molecular complexity index is 147. The third-order valence-electron chi connectivity index (χ3n) is 0.167. The van der Waals surface area contributed by atoms with E-state index in [4.69, 9.17) is 17.5 Å². The second-order valence-electron chi connectivity index (χ2n) is 1.02. The summed E-state index contributed by atoms with van der Waals surface area (Å²) in [5, 5.41) is 0. The van der Waals surface area contributed by atoms with Crippen molar-refractivity contribution in [1.29, 1.82) is 0 Å². The second kappa shape index (κ2) is 9.54. The van der Waals surface area contributed by atoms with Gasteiger partial charge in [-0.25, -0.2) is 0 Å². The van der Waals surface area contributed by atoms with Crippen LogP contribution in [0.15, 0.2) is 0 Å². The van der Waals surface area contributed by atoms with E-state index in [0.29, 0.717) is 6.42 Å². The first-order valence-corrected chi connectivity index (χ1v) is 3.45. The molecule has 0 aliphatic heterocycles. The van der Waals surface area contributed by atoms with E-state index in [-0.39, 0.29) is 31.0 Å². The molecule has 0 spiro atoms. The summed E-state index contributed by atoms with van der Waals surface area (Å²) in [6.45, 7) is 1.81. The van der Waals surface area contributed by atoms with Crippen LogP contribution < -0.4 is 29.6 Å². The van der Waals surface area contributed by atoms with Gasteiger partial charge >= 0.3 is 40.0 Å². The Morgan fingerprint density at radius 3 is 1.60 bits per heavy atom. The van der Waals surface area contributed by atoms with Crippen LogP contribution in [0.25, 0.3) is 0 Å². The van der Waals surface area contributed by atoms with Gasteiger partial charge in [-0.1, -0.05) is 6.92 Å². The van der Waals surface area contributed by atoms with E-state index in [0.717, 1.165) is 6.29 Å². The normalized spacial score (nSPS) is 8.30. The maximum Gasteiger partial charge on any atom is 1.00 e. The van der Waals surface area contributed by atoms with Crippen molar-refractivity contribution >= 4 is 16.7 Å². The van der Waals surface area contributed by atoms with Gasteiger partial charge < -0.3 is 6.22 Å². The number of hydrogen-bond donors (Lipinski definition) is 2. The minimum atomic E-state index is -4.67. The van der Waals surface area contributed by atoms with Crippen LogP contribution in [0.3, 0.4) is 0 Å². The zero-order valence-corrected chi connectivity index (χ0v) is 8.63. The zero-order chi connectivity index (χ0) is 7.91. The molecule has 10 heavy (non-hydrogen) atoms. The first kappa shape index (κ1) is 16.9. The predicted octanol–water partition coefficient (Wildman–Crippen LogP) is -2.94. The summed E-state index contributed by atoms with van der Waals surface area (Å²) in [5.74, 6) is 0. The molecular weight excluding hydrogens is 171 g/mol. The number of hydrogen-bond acceptors (Lipinski definition) is 3. The molecule has 0 fully saturated rings. The van der Waals surface area contributed by atoms with Crippen molar-refractivity contribution in [2.45, 2.75) is 13.3 Å². The van der Waals surface area contributed by atoms with E-state index < -0.39 is 10.4 Å². The maximum atomic E-state index is 9.17. The minimum absolute atomic E-state index is 0. The molecule has 0 unspecified atom stereocenters. The summed E-state index contributed by atoms with van der Waals surface area (Å²) in [5.41, 5.74) is 0.